The number of halogens is 1. The minimum absolute atomic E-state index is 0.621. The Kier molecular flexibility index (Phi) is 3.63. The number of nitrogens with zero attached hydrogens (tertiary/aromatic N) is 1. The van der Waals surface area contributed by atoms with Crippen LogP contribution in [0.25, 0.3) is 16.7 Å². The van der Waals surface area contributed by atoms with Crippen LogP contribution >= 0.6 is 28.1 Å². The third kappa shape index (κ3) is 2.27. The van der Waals surface area contributed by atoms with Crippen molar-refractivity contribution < 1.29 is 4.74 Å². The molecule has 0 fully saturated rings. The molecule has 102 valence electrons. The Hall–Kier alpha value is -1.59. The number of aromatic nitrogens is 2. The quantitative estimate of drug-likeness (QED) is 0.685. The molecule has 3 nitrogen and oxygen atoms in total. The van der Waals surface area contributed by atoms with Crippen molar-refractivity contribution in [3.8, 4) is 11.4 Å². The summed E-state index contributed by atoms with van der Waals surface area (Å²) in [6.45, 7) is 2.60. The van der Waals surface area contributed by atoms with E-state index in [1.807, 2.05) is 54.0 Å². The molecule has 0 unspecified atom stereocenters. The van der Waals surface area contributed by atoms with Gasteiger partial charge in [-0.3, -0.25) is 4.57 Å². The van der Waals surface area contributed by atoms with Gasteiger partial charge >= 0.3 is 0 Å². The maximum atomic E-state index is 5.70. The van der Waals surface area contributed by atoms with Crippen LogP contribution in [-0.2, 0) is 0 Å². The molecule has 0 amide bonds. The Bertz CT molecular complexity index is 822. The summed E-state index contributed by atoms with van der Waals surface area (Å²) in [6, 6.07) is 14.0. The fraction of sp³-hybridized carbons (Fsp3) is 0.133. The van der Waals surface area contributed by atoms with Crippen LogP contribution in [0.1, 0.15) is 6.92 Å². The first-order chi connectivity index (χ1) is 9.70. The number of hydrogen-bond donors (Lipinski definition) is 1. The molecule has 0 radical (unpaired) electrons. The fourth-order valence-corrected chi connectivity index (χ4v) is 2.89. The van der Waals surface area contributed by atoms with Crippen LogP contribution in [0.4, 0.5) is 0 Å². The van der Waals surface area contributed by atoms with Crippen LogP contribution in [0.2, 0.25) is 0 Å². The van der Waals surface area contributed by atoms with E-state index in [2.05, 4.69) is 20.9 Å². The molecule has 0 aliphatic carbocycles. The van der Waals surface area contributed by atoms with Gasteiger partial charge in [-0.15, -0.1) is 0 Å². The first-order valence-corrected chi connectivity index (χ1v) is 7.53. The second-order valence-electron chi connectivity index (χ2n) is 4.33. The Balaban J connectivity index is 2.32. The lowest BCUT2D eigenvalue weighted by Gasteiger charge is -2.11. The molecule has 0 bridgehead atoms. The molecule has 0 aliphatic rings. The van der Waals surface area contributed by atoms with Gasteiger partial charge in [-0.1, -0.05) is 28.1 Å². The molecule has 1 N–H and O–H groups in total. The third-order valence-electron chi connectivity index (χ3n) is 3.05. The molecule has 1 heterocycles. The van der Waals surface area contributed by atoms with Crippen molar-refractivity contribution in [1.82, 2.24) is 9.55 Å². The maximum Gasteiger partial charge on any atom is 0.182 e. The summed E-state index contributed by atoms with van der Waals surface area (Å²) >= 11 is 8.96. The predicted molar refractivity (Wildman–Crippen MR) is 87.3 cm³/mol. The molecule has 20 heavy (non-hydrogen) atoms. The standard InChI is InChI=1S/C15H13BrN2OS/c1-2-19-14-6-4-3-5-12(14)18-13-9-10(16)7-8-11(13)17-15(18)20/h3-9H,2H2,1H3,(H,17,20). The van der Waals surface area contributed by atoms with E-state index in [1.54, 1.807) is 0 Å². The van der Waals surface area contributed by atoms with Crippen LogP contribution in [0.15, 0.2) is 46.9 Å². The van der Waals surface area contributed by atoms with Crippen molar-refractivity contribution in [2.24, 2.45) is 0 Å². The van der Waals surface area contributed by atoms with E-state index in [4.69, 9.17) is 17.0 Å². The first kappa shape index (κ1) is 13.4. The van der Waals surface area contributed by atoms with Crippen LogP contribution in [0, 0.1) is 4.77 Å². The van der Waals surface area contributed by atoms with Gasteiger partial charge in [0.25, 0.3) is 0 Å². The van der Waals surface area contributed by atoms with E-state index in [1.165, 1.54) is 0 Å². The summed E-state index contributed by atoms with van der Waals surface area (Å²) in [7, 11) is 0. The van der Waals surface area contributed by atoms with Gasteiger partial charge < -0.3 is 9.72 Å². The SMILES string of the molecule is CCOc1ccccc1-n1c(=S)[nH]c2ccc(Br)cc21. The molecule has 0 saturated heterocycles. The number of para-hydroxylation sites is 2. The van der Waals surface area contributed by atoms with Gasteiger partial charge in [0.15, 0.2) is 4.77 Å². The fourth-order valence-electron chi connectivity index (χ4n) is 2.23. The Labute approximate surface area is 130 Å². The zero-order valence-electron chi connectivity index (χ0n) is 10.9. The van der Waals surface area contributed by atoms with E-state index in [0.29, 0.717) is 11.4 Å². The summed E-state index contributed by atoms with van der Waals surface area (Å²) < 4.78 is 9.38. The summed E-state index contributed by atoms with van der Waals surface area (Å²) in [5.41, 5.74) is 2.98. The molecule has 2 aromatic carbocycles. The minimum Gasteiger partial charge on any atom is -0.492 e. The number of imidazole rings is 1. The number of nitrogens with one attached hydrogen (secondary N) is 1. The van der Waals surface area contributed by atoms with Crippen molar-refractivity contribution >= 4 is 39.2 Å². The van der Waals surface area contributed by atoms with Crippen LogP contribution in [-0.4, -0.2) is 16.2 Å². The van der Waals surface area contributed by atoms with Crippen molar-refractivity contribution in [2.75, 3.05) is 6.61 Å². The van der Waals surface area contributed by atoms with Crippen LogP contribution in [0.5, 0.6) is 5.75 Å². The number of benzene rings is 2. The van der Waals surface area contributed by atoms with Gasteiger partial charge in [0.2, 0.25) is 0 Å². The average Bonchev–Trinajstić information content (AvgIpc) is 2.75. The van der Waals surface area contributed by atoms with Gasteiger partial charge in [0, 0.05) is 4.47 Å². The Morgan fingerprint density at radius 2 is 2.05 bits per heavy atom. The van der Waals surface area contributed by atoms with Gasteiger partial charge in [-0.2, -0.15) is 0 Å². The highest BCUT2D eigenvalue weighted by Gasteiger charge is 2.11. The van der Waals surface area contributed by atoms with Crippen molar-refractivity contribution in [1.29, 1.82) is 0 Å². The highest BCUT2D eigenvalue weighted by molar-refractivity contribution is 9.10. The Morgan fingerprint density at radius 1 is 1.25 bits per heavy atom. The highest BCUT2D eigenvalue weighted by atomic mass is 79.9. The van der Waals surface area contributed by atoms with Crippen molar-refractivity contribution in [3.05, 3.63) is 51.7 Å². The average molecular weight is 349 g/mol. The van der Waals surface area contributed by atoms with E-state index >= 15 is 0 Å². The zero-order chi connectivity index (χ0) is 14.1. The zero-order valence-corrected chi connectivity index (χ0v) is 13.3. The molecular formula is C15H13BrN2OS. The number of aromatic amines is 1. The van der Waals surface area contributed by atoms with Crippen molar-refractivity contribution in [3.63, 3.8) is 0 Å². The number of hydrogen-bond acceptors (Lipinski definition) is 2. The molecule has 3 rings (SSSR count). The largest absolute Gasteiger partial charge is 0.492 e. The third-order valence-corrected chi connectivity index (χ3v) is 3.83. The van der Waals surface area contributed by atoms with Gasteiger partial charge in [0.05, 0.1) is 23.3 Å². The lowest BCUT2D eigenvalue weighted by atomic mass is 10.2. The van der Waals surface area contributed by atoms with Gasteiger partial charge in [-0.25, -0.2) is 0 Å². The molecular weight excluding hydrogens is 336 g/mol. The van der Waals surface area contributed by atoms with Crippen molar-refractivity contribution in [2.45, 2.75) is 6.92 Å². The normalized spacial score (nSPS) is 10.9. The molecule has 1 aromatic heterocycles. The molecule has 0 saturated carbocycles. The Morgan fingerprint density at radius 3 is 2.85 bits per heavy atom. The molecule has 3 aromatic rings. The lowest BCUT2D eigenvalue weighted by Crippen LogP contribution is -2.00. The highest BCUT2D eigenvalue weighted by Crippen LogP contribution is 2.28. The van der Waals surface area contributed by atoms with E-state index in [0.717, 1.165) is 26.9 Å². The summed E-state index contributed by atoms with van der Waals surface area (Å²) in [5, 5.41) is 0. The lowest BCUT2D eigenvalue weighted by molar-refractivity contribution is 0.339. The molecule has 0 atom stereocenters. The first-order valence-electron chi connectivity index (χ1n) is 6.33. The number of ether oxygens (including phenoxy) is 1. The number of rotatable bonds is 3. The molecule has 0 spiro atoms. The van der Waals surface area contributed by atoms with E-state index in [9.17, 15) is 0 Å². The predicted octanol–water partition coefficient (Wildman–Crippen LogP) is 4.85. The van der Waals surface area contributed by atoms with E-state index < -0.39 is 0 Å². The summed E-state index contributed by atoms with van der Waals surface area (Å²) in [5.74, 6) is 0.826. The second-order valence-corrected chi connectivity index (χ2v) is 5.63. The van der Waals surface area contributed by atoms with Crippen LogP contribution < -0.4 is 4.74 Å². The van der Waals surface area contributed by atoms with Gasteiger partial charge in [-0.05, 0) is 49.5 Å². The second kappa shape index (κ2) is 5.42. The minimum atomic E-state index is 0.621. The summed E-state index contributed by atoms with van der Waals surface area (Å²) in [4.78, 5) is 3.22. The van der Waals surface area contributed by atoms with Gasteiger partial charge in [0.1, 0.15) is 5.75 Å². The monoisotopic (exact) mass is 348 g/mol. The maximum absolute atomic E-state index is 5.70. The number of fused-ring (bicyclic) bond motifs is 1. The van der Waals surface area contributed by atoms with E-state index in [-0.39, 0.29) is 0 Å². The molecule has 5 heteroatoms. The van der Waals surface area contributed by atoms with Crippen LogP contribution in [0.3, 0.4) is 0 Å². The number of H-pyrrole nitrogens is 1. The summed E-state index contributed by atoms with van der Waals surface area (Å²) in [6.07, 6.45) is 0. The smallest absolute Gasteiger partial charge is 0.182 e. The topological polar surface area (TPSA) is 29.9 Å². The molecule has 0 aliphatic heterocycles.